The van der Waals surface area contributed by atoms with E-state index in [4.69, 9.17) is 4.74 Å². The molecule has 0 aromatic carbocycles. The molecule has 0 unspecified atom stereocenters. The maximum absolute atomic E-state index is 11.2. The number of carbonyl (C=O) groups excluding carboxylic acids is 1. The van der Waals surface area contributed by atoms with E-state index in [2.05, 4.69) is 10.1 Å². The molecule has 0 saturated heterocycles. The largest absolute Gasteiger partial charge is 0.435 e. The summed E-state index contributed by atoms with van der Waals surface area (Å²) in [4.78, 5) is 11.2. The van der Waals surface area contributed by atoms with Crippen LogP contribution < -0.4 is 5.32 Å². The monoisotopic (exact) mass is 181 g/mol. The number of carbonyl (C=O) groups is 1. The van der Waals surface area contributed by atoms with Crippen molar-refractivity contribution in [3.63, 3.8) is 0 Å². The van der Waals surface area contributed by atoms with E-state index in [0.29, 0.717) is 5.57 Å². The standard InChI is InChI=1S/C9H11NO3/c1-12-7-13-9(11)8-3-2-5-10-6-4-8/h2-6,10H,7H2,1H3. The van der Waals surface area contributed by atoms with Gasteiger partial charge in [0.05, 0.1) is 5.57 Å². The lowest BCUT2D eigenvalue weighted by atomic mass is 10.2. The lowest BCUT2D eigenvalue weighted by Gasteiger charge is -2.01. The Balaban J connectivity index is 2.54. The van der Waals surface area contributed by atoms with E-state index in [1.165, 1.54) is 7.11 Å². The summed E-state index contributed by atoms with van der Waals surface area (Å²) >= 11 is 0. The maximum Gasteiger partial charge on any atom is 0.340 e. The zero-order valence-corrected chi connectivity index (χ0v) is 7.32. The van der Waals surface area contributed by atoms with Gasteiger partial charge in [-0.25, -0.2) is 4.79 Å². The molecule has 0 fully saturated rings. The van der Waals surface area contributed by atoms with E-state index in [1.807, 2.05) is 0 Å². The first-order chi connectivity index (χ1) is 6.34. The van der Waals surface area contributed by atoms with Crippen LogP contribution in [-0.4, -0.2) is 19.9 Å². The Morgan fingerprint density at radius 3 is 3.15 bits per heavy atom. The Labute approximate surface area is 76.5 Å². The van der Waals surface area contributed by atoms with Gasteiger partial charge in [0.2, 0.25) is 0 Å². The average Bonchev–Trinajstić information content (AvgIpc) is 2.42. The van der Waals surface area contributed by atoms with E-state index in [-0.39, 0.29) is 6.79 Å². The maximum atomic E-state index is 11.2. The van der Waals surface area contributed by atoms with Gasteiger partial charge >= 0.3 is 5.97 Å². The number of ether oxygens (including phenoxy) is 2. The van der Waals surface area contributed by atoms with Gasteiger partial charge in [0.1, 0.15) is 0 Å². The number of esters is 1. The minimum absolute atomic E-state index is 0.0266. The minimum Gasteiger partial charge on any atom is -0.435 e. The molecule has 1 aliphatic heterocycles. The molecule has 1 aliphatic rings. The van der Waals surface area contributed by atoms with Gasteiger partial charge in [-0.15, -0.1) is 0 Å². The molecule has 0 radical (unpaired) electrons. The summed E-state index contributed by atoms with van der Waals surface area (Å²) in [6.45, 7) is -0.0266. The molecular formula is C9H11NO3. The number of nitrogens with one attached hydrogen (secondary N) is 1. The summed E-state index contributed by atoms with van der Waals surface area (Å²) in [5, 5.41) is 2.84. The zero-order chi connectivity index (χ0) is 9.52. The van der Waals surface area contributed by atoms with E-state index >= 15 is 0 Å². The van der Waals surface area contributed by atoms with Crippen molar-refractivity contribution >= 4 is 5.97 Å². The van der Waals surface area contributed by atoms with Crippen LogP contribution in [0.4, 0.5) is 0 Å². The van der Waals surface area contributed by atoms with Crippen LogP contribution in [0.3, 0.4) is 0 Å². The second kappa shape index (κ2) is 5.16. The molecule has 1 N–H and O–H groups in total. The summed E-state index contributed by atoms with van der Waals surface area (Å²) in [6.07, 6.45) is 8.40. The first kappa shape index (κ1) is 9.54. The quantitative estimate of drug-likeness (QED) is 0.514. The Morgan fingerprint density at radius 1 is 1.54 bits per heavy atom. The summed E-state index contributed by atoms with van der Waals surface area (Å²) < 4.78 is 9.35. The number of hydrogen-bond donors (Lipinski definition) is 1. The van der Waals surface area contributed by atoms with Crippen molar-refractivity contribution in [2.75, 3.05) is 13.9 Å². The zero-order valence-electron chi connectivity index (χ0n) is 7.32. The molecule has 0 aliphatic carbocycles. The average molecular weight is 181 g/mol. The molecule has 4 nitrogen and oxygen atoms in total. The van der Waals surface area contributed by atoms with Gasteiger partial charge in [0.25, 0.3) is 0 Å². The highest BCUT2D eigenvalue weighted by Gasteiger charge is 2.06. The lowest BCUT2D eigenvalue weighted by molar-refractivity contribution is -0.148. The van der Waals surface area contributed by atoms with E-state index in [1.54, 1.807) is 30.6 Å². The van der Waals surface area contributed by atoms with Crippen LogP contribution in [0.5, 0.6) is 0 Å². The van der Waals surface area contributed by atoms with Crippen LogP contribution in [-0.2, 0) is 14.3 Å². The molecule has 0 bridgehead atoms. The van der Waals surface area contributed by atoms with Crippen molar-refractivity contribution in [3.05, 3.63) is 36.2 Å². The first-order valence-electron chi connectivity index (χ1n) is 3.80. The fourth-order valence-electron chi connectivity index (χ4n) is 0.788. The third-order valence-corrected chi connectivity index (χ3v) is 1.37. The van der Waals surface area contributed by atoms with Crippen molar-refractivity contribution in [2.24, 2.45) is 0 Å². The number of hydrogen-bond acceptors (Lipinski definition) is 4. The second-order valence-electron chi connectivity index (χ2n) is 2.32. The lowest BCUT2D eigenvalue weighted by Crippen LogP contribution is -2.08. The number of allylic oxidation sites excluding steroid dienone is 2. The van der Waals surface area contributed by atoms with E-state index < -0.39 is 5.97 Å². The molecule has 1 rings (SSSR count). The molecule has 0 amide bonds. The van der Waals surface area contributed by atoms with Gasteiger partial charge in [-0.1, -0.05) is 0 Å². The van der Waals surface area contributed by atoms with Crippen molar-refractivity contribution in [1.29, 1.82) is 0 Å². The SMILES string of the molecule is COCOC(=O)C1=CC=CNC=C1. The third-order valence-electron chi connectivity index (χ3n) is 1.37. The van der Waals surface area contributed by atoms with Gasteiger partial charge in [0, 0.05) is 19.5 Å². The van der Waals surface area contributed by atoms with Crippen LogP contribution in [0, 0.1) is 0 Å². The fraction of sp³-hybridized carbons (Fsp3) is 0.222. The first-order valence-corrected chi connectivity index (χ1v) is 3.80. The van der Waals surface area contributed by atoms with Crippen molar-refractivity contribution < 1.29 is 14.3 Å². The van der Waals surface area contributed by atoms with Gasteiger partial charge in [-0.2, -0.15) is 0 Å². The normalized spacial score (nSPS) is 14.4. The number of rotatable bonds is 3. The molecule has 0 spiro atoms. The Hall–Kier alpha value is -1.55. The van der Waals surface area contributed by atoms with Crippen molar-refractivity contribution in [2.45, 2.75) is 0 Å². The van der Waals surface area contributed by atoms with E-state index in [9.17, 15) is 4.79 Å². The van der Waals surface area contributed by atoms with Crippen LogP contribution in [0.2, 0.25) is 0 Å². The molecule has 0 saturated carbocycles. The summed E-state index contributed by atoms with van der Waals surface area (Å²) in [7, 11) is 1.46. The summed E-state index contributed by atoms with van der Waals surface area (Å²) in [5.74, 6) is -0.397. The van der Waals surface area contributed by atoms with Crippen molar-refractivity contribution in [1.82, 2.24) is 5.32 Å². The van der Waals surface area contributed by atoms with Gasteiger partial charge < -0.3 is 14.8 Å². The molecule has 4 heteroatoms. The topological polar surface area (TPSA) is 47.6 Å². The Kier molecular flexibility index (Phi) is 3.78. The van der Waals surface area contributed by atoms with E-state index in [0.717, 1.165) is 0 Å². The smallest absolute Gasteiger partial charge is 0.340 e. The molecule has 0 aromatic rings. The van der Waals surface area contributed by atoms with Crippen LogP contribution in [0.25, 0.3) is 0 Å². The van der Waals surface area contributed by atoms with Gasteiger partial charge in [-0.3, -0.25) is 0 Å². The second-order valence-corrected chi connectivity index (χ2v) is 2.32. The molecule has 0 aromatic heterocycles. The summed E-state index contributed by atoms with van der Waals surface area (Å²) in [5.41, 5.74) is 0.485. The molecule has 70 valence electrons. The van der Waals surface area contributed by atoms with Crippen LogP contribution >= 0.6 is 0 Å². The minimum atomic E-state index is -0.397. The predicted molar refractivity (Wildman–Crippen MR) is 47.5 cm³/mol. The fourth-order valence-corrected chi connectivity index (χ4v) is 0.788. The van der Waals surface area contributed by atoms with Gasteiger partial charge in [0.15, 0.2) is 6.79 Å². The van der Waals surface area contributed by atoms with Gasteiger partial charge in [-0.05, 0) is 18.2 Å². The molecule has 0 atom stereocenters. The Bertz CT molecular complexity index is 266. The number of methoxy groups -OCH3 is 1. The molecule has 13 heavy (non-hydrogen) atoms. The summed E-state index contributed by atoms with van der Waals surface area (Å²) in [6, 6.07) is 0. The highest BCUT2D eigenvalue weighted by atomic mass is 16.7. The molecular weight excluding hydrogens is 170 g/mol. The van der Waals surface area contributed by atoms with Crippen LogP contribution in [0.1, 0.15) is 0 Å². The third kappa shape index (κ3) is 3.13. The van der Waals surface area contributed by atoms with Crippen LogP contribution in [0.15, 0.2) is 36.2 Å². The molecule has 1 heterocycles. The van der Waals surface area contributed by atoms with Crippen molar-refractivity contribution in [3.8, 4) is 0 Å². The Morgan fingerprint density at radius 2 is 2.38 bits per heavy atom. The highest BCUT2D eigenvalue weighted by Crippen LogP contribution is 2.02. The highest BCUT2D eigenvalue weighted by molar-refractivity contribution is 5.91. The predicted octanol–water partition coefficient (Wildman–Crippen LogP) is 0.691.